The predicted molar refractivity (Wildman–Crippen MR) is 96.0 cm³/mol. The molecule has 23 heavy (non-hydrogen) atoms. The van der Waals surface area contributed by atoms with E-state index in [1.807, 2.05) is 24.3 Å². The molecule has 1 saturated carbocycles. The van der Waals surface area contributed by atoms with E-state index in [-0.39, 0.29) is 16.7 Å². The third-order valence-corrected chi connectivity index (χ3v) is 7.92. The maximum absolute atomic E-state index is 12.1. The molecular weight excluding hydrogens is 300 g/mol. The molecule has 0 heterocycles. The average Bonchev–Trinajstić information content (AvgIpc) is 2.49. The number of carbonyl (C=O) groups excluding carboxylic acids is 1. The van der Waals surface area contributed by atoms with Crippen molar-refractivity contribution >= 4 is 25.0 Å². The van der Waals surface area contributed by atoms with Gasteiger partial charge in [0, 0.05) is 6.42 Å². The molecule has 2 nitrogen and oxygen atoms in total. The second-order valence-corrected chi connectivity index (χ2v) is 10.7. The first kappa shape index (κ1) is 16.2. The number of ketones is 1. The molecule has 1 aliphatic carbocycles. The van der Waals surface area contributed by atoms with Crippen molar-refractivity contribution in [2.24, 2.45) is 0 Å². The van der Waals surface area contributed by atoms with Gasteiger partial charge in [0.15, 0.2) is 0 Å². The number of benzene rings is 2. The molecule has 0 amide bonds. The number of aliphatic hydroxyl groups excluding tert-OH is 1. The summed E-state index contributed by atoms with van der Waals surface area (Å²) in [6, 6.07) is 18.8. The Kier molecular flexibility index (Phi) is 4.26. The Morgan fingerprint density at radius 2 is 1.61 bits per heavy atom. The number of Topliss-reactive ketones (excluding diaryl/α,β-unsaturated/α-hetero) is 1. The lowest BCUT2D eigenvalue weighted by atomic mass is 9.76. The molecule has 3 heteroatoms. The lowest BCUT2D eigenvalue weighted by molar-refractivity contribution is -0.133. The first-order valence-corrected chi connectivity index (χ1v) is 9.62. The molecule has 0 aromatic heterocycles. The zero-order chi connectivity index (χ0) is 16.6. The third kappa shape index (κ3) is 3.03. The van der Waals surface area contributed by atoms with Gasteiger partial charge in [-0.25, -0.2) is 0 Å². The zero-order valence-corrected chi connectivity index (χ0v) is 14.9. The molecule has 0 bridgehead atoms. The van der Waals surface area contributed by atoms with Crippen LogP contribution in [0.15, 0.2) is 54.6 Å². The van der Waals surface area contributed by atoms with Gasteiger partial charge in [-0.1, -0.05) is 85.7 Å². The fourth-order valence-electron chi connectivity index (χ4n) is 3.48. The van der Waals surface area contributed by atoms with E-state index in [1.165, 1.54) is 10.4 Å². The Bertz CT molecular complexity index is 703. The van der Waals surface area contributed by atoms with Gasteiger partial charge in [-0.3, -0.25) is 4.79 Å². The number of carbonyl (C=O) groups is 1. The molecule has 1 aliphatic rings. The fraction of sp³-hybridized carbons (Fsp3) is 0.350. The van der Waals surface area contributed by atoms with Crippen molar-refractivity contribution in [2.45, 2.75) is 44.3 Å². The Balaban J connectivity index is 2.13. The van der Waals surface area contributed by atoms with E-state index in [4.69, 9.17) is 0 Å². The highest BCUT2D eigenvalue weighted by molar-refractivity contribution is 6.87. The van der Waals surface area contributed by atoms with Crippen LogP contribution in [-0.4, -0.2) is 25.8 Å². The van der Waals surface area contributed by atoms with Gasteiger partial charge in [0.1, 0.15) is 14.6 Å². The van der Waals surface area contributed by atoms with Gasteiger partial charge in [-0.2, -0.15) is 0 Å². The van der Waals surface area contributed by atoms with Gasteiger partial charge in [0.2, 0.25) is 0 Å². The van der Waals surface area contributed by atoms with Gasteiger partial charge in [0.05, 0.1) is 12.0 Å². The Hall–Kier alpha value is -1.71. The van der Waals surface area contributed by atoms with Crippen molar-refractivity contribution in [1.82, 2.24) is 0 Å². The van der Waals surface area contributed by atoms with Crippen LogP contribution < -0.4 is 10.4 Å². The Labute approximate surface area is 139 Å². The van der Waals surface area contributed by atoms with Gasteiger partial charge in [-0.15, -0.1) is 0 Å². The molecule has 2 unspecified atom stereocenters. The SMILES string of the molecule is CC(C)(C)[Si](c1ccccc1)c1ccccc1C1C(=O)CC1O. The summed E-state index contributed by atoms with van der Waals surface area (Å²) in [4.78, 5) is 12.1. The Morgan fingerprint density at radius 1 is 1.00 bits per heavy atom. The molecule has 0 saturated heterocycles. The summed E-state index contributed by atoms with van der Waals surface area (Å²) < 4.78 is 0. The normalized spacial score (nSPS) is 21.3. The van der Waals surface area contributed by atoms with E-state index < -0.39 is 14.9 Å². The molecule has 0 aliphatic heterocycles. The number of hydrogen-bond donors (Lipinski definition) is 1. The summed E-state index contributed by atoms with van der Waals surface area (Å²) in [5.74, 6) is -0.175. The molecule has 3 rings (SSSR count). The highest BCUT2D eigenvalue weighted by Gasteiger charge is 2.42. The topological polar surface area (TPSA) is 37.3 Å². The minimum atomic E-state index is -1.08. The molecule has 119 valence electrons. The number of aliphatic hydroxyl groups is 1. The van der Waals surface area contributed by atoms with Crippen LogP contribution >= 0.6 is 0 Å². The molecule has 1 fully saturated rings. The monoisotopic (exact) mass is 323 g/mol. The van der Waals surface area contributed by atoms with Gasteiger partial charge >= 0.3 is 0 Å². The van der Waals surface area contributed by atoms with Crippen molar-refractivity contribution < 1.29 is 9.90 Å². The lowest BCUT2D eigenvalue weighted by Crippen LogP contribution is -2.53. The number of rotatable bonds is 3. The minimum absolute atomic E-state index is 0.111. The summed E-state index contributed by atoms with van der Waals surface area (Å²) >= 11 is 0. The molecule has 1 N–H and O–H groups in total. The highest BCUT2D eigenvalue weighted by Crippen LogP contribution is 2.35. The van der Waals surface area contributed by atoms with Crippen LogP contribution in [0, 0.1) is 0 Å². The van der Waals surface area contributed by atoms with Crippen molar-refractivity contribution in [3.05, 3.63) is 60.2 Å². The Morgan fingerprint density at radius 3 is 2.17 bits per heavy atom. The van der Waals surface area contributed by atoms with Crippen molar-refractivity contribution in [1.29, 1.82) is 0 Å². The van der Waals surface area contributed by atoms with E-state index in [9.17, 15) is 9.90 Å². The summed E-state index contributed by atoms with van der Waals surface area (Å²) in [5.41, 5.74) is 1.03. The average molecular weight is 323 g/mol. The molecule has 2 atom stereocenters. The first-order valence-electron chi connectivity index (χ1n) is 8.12. The largest absolute Gasteiger partial charge is 0.392 e. The second kappa shape index (κ2) is 6.06. The first-order chi connectivity index (χ1) is 10.9. The molecule has 1 radical (unpaired) electrons. The zero-order valence-electron chi connectivity index (χ0n) is 13.9. The highest BCUT2D eigenvalue weighted by atomic mass is 28.3. The quantitative estimate of drug-likeness (QED) is 0.881. The summed E-state index contributed by atoms with van der Waals surface area (Å²) in [6.07, 6.45) is -0.232. The summed E-state index contributed by atoms with van der Waals surface area (Å²) in [5, 5.41) is 12.8. The van der Waals surface area contributed by atoms with Crippen LogP contribution in [0.1, 0.15) is 38.7 Å². The van der Waals surface area contributed by atoms with Crippen LogP contribution in [0.5, 0.6) is 0 Å². The van der Waals surface area contributed by atoms with Crippen LogP contribution in [0.4, 0.5) is 0 Å². The third-order valence-electron chi connectivity index (χ3n) is 4.52. The van der Waals surface area contributed by atoms with Gasteiger partial charge in [-0.05, 0) is 10.6 Å². The van der Waals surface area contributed by atoms with Crippen LogP contribution in [-0.2, 0) is 4.79 Å². The molecule has 0 spiro atoms. The molecule has 2 aromatic carbocycles. The van der Waals surface area contributed by atoms with E-state index in [0.717, 1.165) is 5.56 Å². The standard InChI is InChI=1S/C20H23O2Si/c1-20(2,3)23(14-9-5-4-6-10-14)18-12-8-7-11-15(18)19-16(21)13-17(19)22/h4-12,16,19,21H,13H2,1-3H3. The lowest BCUT2D eigenvalue weighted by Gasteiger charge is -2.37. The van der Waals surface area contributed by atoms with Crippen molar-refractivity contribution in [2.75, 3.05) is 0 Å². The predicted octanol–water partition coefficient (Wildman–Crippen LogP) is 2.51. The second-order valence-electron chi connectivity index (χ2n) is 7.29. The van der Waals surface area contributed by atoms with E-state index >= 15 is 0 Å². The minimum Gasteiger partial charge on any atom is -0.392 e. The summed E-state index contributed by atoms with van der Waals surface area (Å²) in [6.45, 7) is 6.80. The van der Waals surface area contributed by atoms with Crippen molar-refractivity contribution in [3.63, 3.8) is 0 Å². The fourth-order valence-corrected chi connectivity index (χ4v) is 6.78. The van der Waals surface area contributed by atoms with Crippen LogP contribution in [0.2, 0.25) is 5.04 Å². The smallest absolute Gasteiger partial charge is 0.145 e. The maximum atomic E-state index is 12.1. The molecular formula is C20H23O2Si. The number of hydrogen-bond acceptors (Lipinski definition) is 2. The van der Waals surface area contributed by atoms with E-state index in [0.29, 0.717) is 6.42 Å². The van der Waals surface area contributed by atoms with Crippen LogP contribution in [0.3, 0.4) is 0 Å². The van der Waals surface area contributed by atoms with E-state index in [2.05, 4.69) is 51.1 Å². The van der Waals surface area contributed by atoms with Gasteiger partial charge in [0.25, 0.3) is 0 Å². The summed E-state index contributed by atoms with van der Waals surface area (Å²) in [7, 11) is -1.08. The van der Waals surface area contributed by atoms with Crippen LogP contribution in [0.25, 0.3) is 0 Å². The van der Waals surface area contributed by atoms with Crippen molar-refractivity contribution in [3.8, 4) is 0 Å². The maximum Gasteiger partial charge on any atom is 0.145 e. The van der Waals surface area contributed by atoms with Gasteiger partial charge < -0.3 is 5.11 Å². The molecule has 2 aromatic rings. The van der Waals surface area contributed by atoms with E-state index in [1.54, 1.807) is 0 Å².